The average Bonchev–Trinajstić information content (AvgIpc) is 3.73. The van der Waals surface area contributed by atoms with Crippen LogP contribution in [0.1, 0.15) is 0 Å². The quantitative estimate of drug-likeness (QED) is 0.157. The van der Waals surface area contributed by atoms with Crippen molar-refractivity contribution in [2.24, 2.45) is 0 Å². The molecule has 0 saturated heterocycles. The number of hydrogen-bond acceptors (Lipinski definition) is 3. The maximum absolute atomic E-state index is 6.47. The van der Waals surface area contributed by atoms with Gasteiger partial charge in [0.25, 0.3) is 0 Å². The fourth-order valence-corrected chi connectivity index (χ4v) is 7.78. The number of nitrogens with zero attached hydrogens (tertiary/aromatic N) is 2. The first-order valence-electron chi connectivity index (χ1n) is 19.0. The van der Waals surface area contributed by atoms with Crippen LogP contribution in [0.4, 0.5) is 17.1 Å². The monoisotopic (exact) mass is 716 g/mol. The van der Waals surface area contributed by atoms with Crippen LogP contribution in [0.3, 0.4) is 0 Å². The molecule has 0 bridgehead atoms. The van der Waals surface area contributed by atoms with Crippen molar-refractivity contribution in [3.63, 3.8) is 0 Å². The Hall–Kier alpha value is -7.49. The maximum atomic E-state index is 6.47. The summed E-state index contributed by atoms with van der Waals surface area (Å²) in [4.78, 5) is 7.20. The van der Waals surface area contributed by atoms with Crippen LogP contribution in [0.25, 0.3) is 77.8 Å². The van der Waals surface area contributed by atoms with Crippen LogP contribution in [-0.2, 0) is 0 Å². The van der Waals surface area contributed by atoms with Gasteiger partial charge in [-0.05, 0) is 111 Å². The van der Waals surface area contributed by atoms with E-state index in [0.29, 0.717) is 5.89 Å². The Kier molecular flexibility index (Phi) is 8.51. The predicted octanol–water partition coefficient (Wildman–Crippen LogP) is 14.8. The van der Waals surface area contributed by atoms with Crippen LogP contribution in [0.15, 0.2) is 223 Å². The predicted molar refractivity (Wildman–Crippen MR) is 233 cm³/mol. The number of fused-ring (bicyclic) bond motifs is 3. The van der Waals surface area contributed by atoms with Crippen molar-refractivity contribution in [1.29, 1.82) is 0 Å². The van der Waals surface area contributed by atoms with Gasteiger partial charge in [0.05, 0.1) is 0 Å². The van der Waals surface area contributed by atoms with E-state index in [4.69, 9.17) is 9.40 Å². The van der Waals surface area contributed by atoms with E-state index < -0.39 is 0 Å². The molecule has 1 heterocycles. The molecule has 10 aromatic rings. The molecular weight excluding hydrogens is 681 g/mol. The highest BCUT2D eigenvalue weighted by atomic mass is 16.3. The lowest BCUT2D eigenvalue weighted by Crippen LogP contribution is -2.10. The zero-order valence-corrected chi connectivity index (χ0v) is 30.6. The molecule has 0 fully saturated rings. The molecule has 0 amide bonds. The summed E-state index contributed by atoms with van der Waals surface area (Å²) in [6.07, 6.45) is 0. The number of hydrogen-bond donors (Lipinski definition) is 0. The molecule has 0 aliphatic heterocycles. The van der Waals surface area contributed by atoms with E-state index in [-0.39, 0.29) is 0 Å². The third-order valence-electron chi connectivity index (χ3n) is 10.5. The Morgan fingerprint density at radius 2 is 0.875 bits per heavy atom. The first-order valence-corrected chi connectivity index (χ1v) is 19.0. The molecule has 0 spiro atoms. The zero-order valence-electron chi connectivity index (χ0n) is 30.6. The van der Waals surface area contributed by atoms with Crippen LogP contribution in [0.5, 0.6) is 0 Å². The largest absolute Gasteiger partial charge is 0.435 e. The number of benzene rings is 9. The second-order valence-corrected chi connectivity index (χ2v) is 14.0. The molecular formula is C53H36N2O. The molecule has 1 aromatic heterocycles. The van der Waals surface area contributed by atoms with Gasteiger partial charge in [-0.25, -0.2) is 4.98 Å². The summed E-state index contributed by atoms with van der Waals surface area (Å²) in [7, 11) is 0. The van der Waals surface area contributed by atoms with Gasteiger partial charge in [0.1, 0.15) is 5.52 Å². The lowest BCUT2D eigenvalue weighted by Gasteiger charge is -2.27. The molecule has 3 nitrogen and oxygen atoms in total. The van der Waals surface area contributed by atoms with Gasteiger partial charge in [-0.15, -0.1) is 0 Å². The third kappa shape index (κ3) is 6.21. The van der Waals surface area contributed by atoms with Crippen LogP contribution in [0.2, 0.25) is 0 Å². The number of oxazole rings is 1. The SMILES string of the molecule is c1ccc(-c2cccc(-c3ccc(N(c4ccccc4)c4ccc(-c5cccc6c5ccc5nc(-c7ccccc7)oc56)c(-c5ccccc5)c4)cc3)c2)cc1. The van der Waals surface area contributed by atoms with Gasteiger partial charge < -0.3 is 9.32 Å². The van der Waals surface area contributed by atoms with Crippen molar-refractivity contribution >= 4 is 38.9 Å². The topological polar surface area (TPSA) is 29.3 Å². The summed E-state index contributed by atoms with van der Waals surface area (Å²) in [5, 5.41) is 2.16. The van der Waals surface area contributed by atoms with Gasteiger partial charge in [-0.2, -0.15) is 0 Å². The van der Waals surface area contributed by atoms with E-state index in [2.05, 4.69) is 193 Å². The summed E-state index contributed by atoms with van der Waals surface area (Å²) in [5.74, 6) is 0.627. The van der Waals surface area contributed by atoms with E-state index in [1.807, 2.05) is 30.3 Å². The molecule has 0 saturated carbocycles. The first kappa shape index (κ1) is 33.1. The molecule has 0 aliphatic carbocycles. The minimum Gasteiger partial charge on any atom is -0.435 e. The molecule has 0 atom stereocenters. The third-order valence-corrected chi connectivity index (χ3v) is 10.5. The number of aromatic nitrogens is 1. The van der Waals surface area contributed by atoms with Gasteiger partial charge >= 0.3 is 0 Å². The highest BCUT2D eigenvalue weighted by Crippen LogP contribution is 2.43. The van der Waals surface area contributed by atoms with Crippen molar-refractivity contribution in [2.75, 3.05) is 4.90 Å². The molecule has 56 heavy (non-hydrogen) atoms. The molecule has 10 rings (SSSR count). The number of rotatable bonds is 8. The molecule has 264 valence electrons. The van der Waals surface area contributed by atoms with Crippen molar-refractivity contribution in [3.05, 3.63) is 218 Å². The minimum atomic E-state index is 0.627. The van der Waals surface area contributed by atoms with Gasteiger partial charge in [-0.3, -0.25) is 0 Å². The Morgan fingerprint density at radius 3 is 1.57 bits per heavy atom. The van der Waals surface area contributed by atoms with Crippen molar-refractivity contribution < 1.29 is 4.42 Å². The highest BCUT2D eigenvalue weighted by Gasteiger charge is 2.19. The normalized spacial score (nSPS) is 11.2. The van der Waals surface area contributed by atoms with Crippen LogP contribution >= 0.6 is 0 Å². The smallest absolute Gasteiger partial charge is 0.227 e. The van der Waals surface area contributed by atoms with Crippen LogP contribution in [-0.4, -0.2) is 4.98 Å². The highest BCUT2D eigenvalue weighted by molar-refractivity contribution is 6.10. The Labute approximate surface area is 326 Å². The zero-order chi connectivity index (χ0) is 37.3. The summed E-state index contributed by atoms with van der Waals surface area (Å²) < 4.78 is 6.47. The maximum Gasteiger partial charge on any atom is 0.227 e. The van der Waals surface area contributed by atoms with Gasteiger partial charge in [-0.1, -0.05) is 158 Å². The van der Waals surface area contributed by atoms with Crippen LogP contribution in [0, 0.1) is 0 Å². The standard InChI is InChI=1S/C53H36N2O/c1-5-15-37(16-6-1)41-21-13-22-42(35-41)38-27-29-44(30-28-38)55(43-23-11-4-12-24-43)45-31-32-48(50(36-45)39-17-7-2-8-18-39)46-25-14-26-49-47(46)33-34-51-52(49)56-53(54-51)40-19-9-3-10-20-40/h1-36H. The van der Waals surface area contributed by atoms with Gasteiger partial charge in [0.2, 0.25) is 5.89 Å². The van der Waals surface area contributed by atoms with E-state index in [1.165, 1.54) is 22.3 Å². The lowest BCUT2D eigenvalue weighted by molar-refractivity contribution is 0.623. The Bertz CT molecular complexity index is 2940. The van der Waals surface area contributed by atoms with E-state index in [0.717, 1.165) is 66.8 Å². The van der Waals surface area contributed by atoms with Crippen molar-refractivity contribution in [2.45, 2.75) is 0 Å². The molecule has 0 radical (unpaired) electrons. The van der Waals surface area contributed by atoms with E-state index in [1.54, 1.807) is 0 Å². The van der Waals surface area contributed by atoms with Gasteiger partial charge in [0.15, 0.2) is 5.58 Å². The average molecular weight is 717 g/mol. The second-order valence-electron chi connectivity index (χ2n) is 14.0. The van der Waals surface area contributed by atoms with E-state index >= 15 is 0 Å². The molecule has 0 aliphatic rings. The summed E-state index contributed by atoms with van der Waals surface area (Å²) >= 11 is 0. The molecule has 3 heteroatoms. The number of anilines is 3. The summed E-state index contributed by atoms with van der Waals surface area (Å²) in [6.45, 7) is 0. The Balaban J connectivity index is 1.08. The first-order chi connectivity index (χ1) is 27.8. The molecule has 0 unspecified atom stereocenters. The summed E-state index contributed by atoms with van der Waals surface area (Å²) in [5.41, 5.74) is 15.2. The molecule has 9 aromatic carbocycles. The van der Waals surface area contributed by atoms with Crippen molar-refractivity contribution in [1.82, 2.24) is 4.98 Å². The lowest BCUT2D eigenvalue weighted by atomic mass is 9.90. The fourth-order valence-electron chi connectivity index (χ4n) is 7.78. The Morgan fingerprint density at radius 1 is 0.321 bits per heavy atom. The van der Waals surface area contributed by atoms with E-state index in [9.17, 15) is 0 Å². The number of para-hydroxylation sites is 1. The fraction of sp³-hybridized carbons (Fsp3) is 0. The van der Waals surface area contributed by atoms with Gasteiger partial charge in [0, 0.05) is 28.0 Å². The second kappa shape index (κ2) is 14.4. The molecule has 0 N–H and O–H groups in total. The minimum absolute atomic E-state index is 0.627. The van der Waals surface area contributed by atoms with Crippen LogP contribution < -0.4 is 4.90 Å². The van der Waals surface area contributed by atoms with Crippen molar-refractivity contribution in [3.8, 4) is 56.0 Å². The summed E-state index contributed by atoms with van der Waals surface area (Å²) in [6, 6.07) is 77.2.